The van der Waals surface area contributed by atoms with Crippen LogP contribution in [0.3, 0.4) is 0 Å². The number of carbonyl (C=O) groups excluding carboxylic acids is 1. The number of aliphatic carboxylic acids is 1. The van der Waals surface area contributed by atoms with Crippen molar-refractivity contribution in [1.29, 1.82) is 0 Å². The van der Waals surface area contributed by atoms with Gasteiger partial charge in [-0.3, -0.25) is 0 Å². The van der Waals surface area contributed by atoms with Crippen LogP contribution in [0.15, 0.2) is 0 Å². The standard InChI is InChI=1S/C4H12N2O.2C4H11NO.C4H12N.C2H8N2.2C2H7N.C2H4O2/c5-1-2-6-3-4-7;1-5(2)3-4-6;1-2-5-3-4-6;1-5(2,3)4;3-1-2-4;1-3-2;1-2-3;1-2(3)4/h6-7H,1-5H2;6H,3-4H2,1-2H3;5-6H,2-4H2,1H3;1-4H3;1-4H2;3H,1-2H3;2-3H2,1H3;1H3,(H,3,4)/q;;;+1;;;;/p-1. The highest BCUT2D eigenvalue weighted by atomic mass is 16.4. The third-order valence-corrected chi connectivity index (χ3v) is 1.86. The first-order valence-corrected chi connectivity index (χ1v) is 12.8. The van der Waals surface area contributed by atoms with Gasteiger partial charge in [0.1, 0.15) is 0 Å². The lowest BCUT2D eigenvalue weighted by Gasteiger charge is -2.14. The van der Waals surface area contributed by atoms with Crippen molar-refractivity contribution >= 4 is 5.97 Å². The lowest BCUT2D eigenvalue weighted by molar-refractivity contribution is -0.849. The van der Waals surface area contributed by atoms with Crippen LogP contribution < -0.4 is 44.0 Å². The summed E-state index contributed by atoms with van der Waals surface area (Å²) in [5.41, 5.74) is 19.8. The molecule has 0 aromatic heterocycles. The van der Waals surface area contributed by atoms with E-state index in [9.17, 15) is 0 Å². The van der Waals surface area contributed by atoms with E-state index in [2.05, 4.69) is 44.1 Å². The SMILES string of the molecule is CC(=O)[O-].CCN.CCNCCO.CN(C)CCO.CNC.C[N+](C)(C)C.NCCN.NCCNCCO. The van der Waals surface area contributed by atoms with Gasteiger partial charge in [0.05, 0.1) is 48.0 Å². The van der Waals surface area contributed by atoms with Crippen LogP contribution in [0.25, 0.3) is 0 Å². The molecule has 0 aromatic rings. The van der Waals surface area contributed by atoms with Gasteiger partial charge in [0.25, 0.3) is 0 Å². The molecule has 242 valence electrons. The summed E-state index contributed by atoms with van der Waals surface area (Å²) in [5, 5.41) is 42.0. The number of rotatable bonds is 10. The van der Waals surface area contributed by atoms with Crippen LogP contribution >= 0.6 is 0 Å². The average Bonchev–Trinajstić information content (AvgIpc) is 2.78. The summed E-state index contributed by atoms with van der Waals surface area (Å²) < 4.78 is 1.00. The molecule has 0 bridgehead atoms. The largest absolute Gasteiger partial charge is 0.550 e. The topological polar surface area (TPSA) is 244 Å². The maximum absolute atomic E-state index is 8.89. The molecule has 0 aliphatic heterocycles. The van der Waals surface area contributed by atoms with Gasteiger partial charge in [0, 0.05) is 51.8 Å². The lowest BCUT2D eigenvalue weighted by atomic mass is 10.6. The zero-order valence-electron chi connectivity index (χ0n) is 26.8. The molecule has 0 aromatic carbocycles. The molecule has 14 N–H and O–H groups in total. The summed E-state index contributed by atoms with van der Waals surface area (Å²) in [5.74, 6) is -1.08. The molecule has 0 spiro atoms. The van der Waals surface area contributed by atoms with Gasteiger partial charge in [0.15, 0.2) is 0 Å². The Labute approximate surface area is 235 Å². The van der Waals surface area contributed by atoms with Gasteiger partial charge >= 0.3 is 0 Å². The van der Waals surface area contributed by atoms with Gasteiger partial charge in [0.2, 0.25) is 0 Å². The Kier molecular flexibility index (Phi) is 97.9. The second kappa shape index (κ2) is 65.2. The molecule has 14 nitrogen and oxygen atoms in total. The summed E-state index contributed by atoms with van der Waals surface area (Å²) in [6, 6.07) is 0. The normalized spacial score (nSPS) is 8.71. The van der Waals surface area contributed by atoms with Gasteiger partial charge in [-0.25, -0.2) is 0 Å². The number of nitrogens with two attached hydrogens (primary N) is 4. The van der Waals surface area contributed by atoms with Gasteiger partial charge in [-0.05, 0) is 48.2 Å². The van der Waals surface area contributed by atoms with Crippen LogP contribution in [-0.2, 0) is 4.79 Å². The number of hydrogen-bond donors (Lipinski definition) is 10. The molecule has 0 amide bonds. The minimum Gasteiger partial charge on any atom is -0.550 e. The summed E-state index contributed by atoms with van der Waals surface area (Å²) >= 11 is 0. The number of likely N-dealkylation sites (N-methyl/N-ethyl adjacent to an activating group) is 2. The van der Waals surface area contributed by atoms with Crippen molar-refractivity contribution < 1.29 is 29.7 Å². The molecule has 38 heavy (non-hydrogen) atoms. The fourth-order valence-corrected chi connectivity index (χ4v) is 0.762. The quantitative estimate of drug-likeness (QED) is 0.0886. The van der Waals surface area contributed by atoms with Crippen LogP contribution in [0.2, 0.25) is 0 Å². The van der Waals surface area contributed by atoms with Crippen molar-refractivity contribution in [3.05, 3.63) is 0 Å². The van der Waals surface area contributed by atoms with Gasteiger partial charge in [-0.1, -0.05) is 13.8 Å². The molecule has 0 atom stereocenters. The number of aliphatic hydroxyl groups is 3. The number of carbonyl (C=O) groups is 1. The summed E-state index contributed by atoms with van der Waals surface area (Å²) in [7, 11) is 16.1. The van der Waals surface area contributed by atoms with E-state index in [1.165, 1.54) is 0 Å². The van der Waals surface area contributed by atoms with Crippen molar-refractivity contribution in [2.45, 2.75) is 20.8 Å². The Morgan fingerprint density at radius 1 is 0.789 bits per heavy atom. The number of carboxylic acid groups (broad SMARTS) is 1. The minimum atomic E-state index is -1.08. The molecule has 0 saturated heterocycles. The molecule has 14 heteroatoms. The molecule has 0 rings (SSSR count). The van der Waals surface area contributed by atoms with Crippen molar-refractivity contribution in [2.24, 2.45) is 22.9 Å². The smallest absolute Gasteiger partial charge is 0.0675 e. The van der Waals surface area contributed by atoms with Gasteiger partial charge < -0.3 is 73.5 Å². The van der Waals surface area contributed by atoms with E-state index < -0.39 is 5.97 Å². The Balaban J connectivity index is -0.0000000459. The number of carboxylic acids is 1. The van der Waals surface area contributed by atoms with E-state index in [4.69, 9.17) is 48.2 Å². The molecule has 0 radical (unpaired) electrons. The first-order chi connectivity index (χ1) is 17.6. The fraction of sp³-hybridized carbons (Fsp3) is 0.958. The van der Waals surface area contributed by atoms with Gasteiger partial charge in [-0.15, -0.1) is 0 Å². The Hall–Kier alpha value is -1.01. The number of hydrogen-bond acceptors (Lipinski definition) is 13. The summed E-state index contributed by atoms with van der Waals surface area (Å²) in [4.78, 5) is 10.8. The number of quaternary nitrogens is 1. The third-order valence-electron chi connectivity index (χ3n) is 1.86. The third kappa shape index (κ3) is 405. The molecule has 0 fully saturated rings. The first-order valence-electron chi connectivity index (χ1n) is 12.8. The van der Waals surface area contributed by atoms with Crippen LogP contribution in [0, 0.1) is 0 Å². The average molecular weight is 566 g/mol. The number of nitrogens with one attached hydrogen (secondary N) is 3. The van der Waals surface area contributed by atoms with Crippen molar-refractivity contribution in [1.82, 2.24) is 20.9 Å². The molecule has 0 unspecified atom stereocenters. The molecular formula is C24H71N9O5. The molecule has 0 heterocycles. The van der Waals surface area contributed by atoms with E-state index >= 15 is 0 Å². The number of aliphatic hydroxyl groups excluding tert-OH is 3. The highest BCUT2D eigenvalue weighted by molar-refractivity contribution is 5.60. The molecule has 0 aliphatic carbocycles. The highest BCUT2D eigenvalue weighted by Crippen LogP contribution is 1.73. The van der Waals surface area contributed by atoms with E-state index in [1.54, 1.807) is 0 Å². The monoisotopic (exact) mass is 566 g/mol. The molecule has 0 aliphatic rings. The lowest BCUT2D eigenvalue weighted by Crippen LogP contribution is -2.27. The van der Waals surface area contributed by atoms with E-state index in [1.807, 2.05) is 46.9 Å². The molecular weight excluding hydrogens is 494 g/mol. The Morgan fingerprint density at radius 3 is 1.18 bits per heavy atom. The highest BCUT2D eigenvalue weighted by Gasteiger charge is 1.88. The van der Waals surface area contributed by atoms with Crippen molar-refractivity contribution in [3.63, 3.8) is 0 Å². The second-order valence-corrected chi connectivity index (χ2v) is 8.53. The second-order valence-electron chi connectivity index (χ2n) is 8.53. The maximum Gasteiger partial charge on any atom is 0.0675 e. The van der Waals surface area contributed by atoms with Gasteiger partial charge in [-0.2, -0.15) is 0 Å². The zero-order chi connectivity index (χ0) is 32.3. The fourth-order valence-electron chi connectivity index (χ4n) is 0.762. The first kappa shape index (κ1) is 57.0. The number of nitrogens with zero attached hydrogens (tertiary/aromatic N) is 2. The minimum absolute atomic E-state index is 0.194. The van der Waals surface area contributed by atoms with E-state index in [0.717, 1.165) is 44.1 Å². The Bertz CT molecular complexity index is 306. The van der Waals surface area contributed by atoms with Crippen LogP contribution in [0.5, 0.6) is 0 Å². The zero-order valence-corrected chi connectivity index (χ0v) is 26.8. The van der Waals surface area contributed by atoms with Crippen LogP contribution in [-0.4, -0.2) is 166 Å². The predicted octanol–water partition coefficient (Wildman–Crippen LogP) is -4.56. The van der Waals surface area contributed by atoms with E-state index in [0.29, 0.717) is 26.2 Å². The summed E-state index contributed by atoms with van der Waals surface area (Å²) in [6.07, 6.45) is 0. The maximum atomic E-state index is 8.89. The summed E-state index contributed by atoms with van der Waals surface area (Å²) in [6.45, 7) is 12.0. The van der Waals surface area contributed by atoms with Crippen molar-refractivity contribution in [3.8, 4) is 0 Å². The predicted molar refractivity (Wildman–Crippen MR) is 163 cm³/mol. The van der Waals surface area contributed by atoms with Crippen molar-refractivity contribution in [2.75, 3.05) is 135 Å². The van der Waals surface area contributed by atoms with Crippen LogP contribution in [0.4, 0.5) is 0 Å². The van der Waals surface area contributed by atoms with E-state index in [-0.39, 0.29) is 19.8 Å². The van der Waals surface area contributed by atoms with Crippen LogP contribution in [0.1, 0.15) is 20.8 Å². The Morgan fingerprint density at radius 2 is 1.08 bits per heavy atom. The molecule has 0 saturated carbocycles.